The third-order valence-corrected chi connectivity index (χ3v) is 3.30. The van der Waals surface area contributed by atoms with Gasteiger partial charge in [0, 0.05) is 11.5 Å². The molecule has 1 fully saturated rings. The van der Waals surface area contributed by atoms with E-state index in [4.69, 9.17) is 5.11 Å². The number of hydrogen-bond acceptors (Lipinski definition) is 2. The summed E-state index contributed by atoms with van der Waals surface area (Å²) in [6.07, 6.45) is 1.91. The van der Waals surface area contributed by atoms with Gasteiger partial charge in [0.15, 0.2) is 5.78 Å². The minimum absolute atomic E-state index is 0.185. The maximum absolute atomic E-state index is 12.7. The third-order valence-electron chi connectivity index (χ3n) is 3.30. The molecule has 90 valence electrons. The second-order valence-electron chi connectivity index (χ2n) is 4.35. The highest BCUT2D eigenvalue weighted by atomic mass is 19.1. The smallest absolute Gasteiger partial charge is 0.307 e. The molecule has 0 saturated heterocycles. The van der Waals surface area contributed by atoms with Crippen LogP contribution in [0.1, 0.15) is 29.6 Å². The highest BCUT2D eigenvalue weighted by Crippen LogP contribution is 2.34. The number of halogens is 1. The van der Waals surface area contributed by atoms with E-state index in [-0.39, 0.29) is 5.78 Å². The monoisotopic (exact) mass is 236 g/mol. The maximum Gasteiger partial charge on any atom is 0.307 e. The quantitative estimate of drug-likeness (QED) is 0.820. The van der Waals surface area contributed by atoms with Crippen LogP contribution in [0.2, 0.25) is 0 Å². The average Bonchev–Trinajstić information content (AvgIpc) is 2.78. The van der Waals surface area contributed by atoms with Gasteiger partial charge in [-0.25, -0.2) is 4.39 Å². The molecule has 1 aliphatic carbocycles. The zero-order valence-corrected chi connectivity index (χ0v) is 9.23. The molecule has 2 rings (SSSR count). The summed E-state index contributed by atoms with van der Waals surface area (Å²) in [6, 6.07) is 5.26. The van der Waals surface area contributed by atoms with Gasteiger partial charge >= 0.3 is 5.97 Å². The molecule has 0 spiro atoms. The lowest BCUT2D eigenvalue weighted by molar-refractivity contribution is -0.142. The molecule has 0 aromatic heterocycles. The molecule has 2 atom stereocenters. The van der Waals surface area contributed by atoms with Crippen molar-refractivity contribution in [3.63, 3.8) is 0 Å². The number of carboxylic acid groups (broad SMARTS) is 1. The number of carbonyl (C=O) groups excluding carboxylic acids is 1. The van der Waals surface area contributed by atoms with Gasteiger partial charge < -0.3 is 5.11 Å². The second-order valence-corrected chi connectivity index (χ2v) is 4.35. The van der Waals surface area contributed by atoms with Gasteiger partial charge in [0.2, 0.25) is 0 Å². The number of carboxylic acids is 1. The summed E-state index contributed by atoms with van der Waals surface area (Å²) in [7, 11) is 0. The fraction of sp³-hybridized carbons (Fsp3) is 0.385. The Morgan fingerprint density at radius 2 is 1.71 bits per heavy atom. The molecule has 1 aliphatic rings. The van der Waals surface area contributed by atoms with E-state index < -0.39 is 23.6 Å². The summed E-state index contributed by atoms with van der Waals surface area (Å²) in [4.78, 5) is 23.1. The Balaban J connectivity index is 2.19. The van der Waals surface area contributed by atoms with Crippen LogP contribution in [0.25, 0.3) is 0 Å². The van der Waals surface area contributed by atoms with E-state index in [0.717, 1.165) is 6.42 Å². The van der Waals surface area contributed by atoms with Crippen molar-refractivity contribution < 1.29 is 19.1 Å². The Morgan fingerprint density at radius 1 is 1.12 bits per heavy atom. The average molecular weight is 236 g/mol. The molecule has 0 heterocycles. The topological polar surface area (TPSA) is 54.4 Å². The molecule has 0 bridgehead atoms. The predicted molar refractivity (Wildman–Crippen MR) is 59.2 cm³/mol. The van der Waals surface area contributed by atoms with Gasteiger partial charge in [-0.1, -0.05) is 6.42 Å². The first-order valence-electron chi connectivity index (χ1n) is 5.62. The van der Waals surface area contributed by atoms with Crippen molar-refractivity contribution in [2.24, 2.45) is 11.8 Å². The molecule has 4 heteroatoms. The molecule has 0 amide bonds. The number of ketones is 1. The number of aliphatic carboxylic acids is 1. The molecule has 0 aliphatic heterocycles. The van der Waals surface area contributed by atoms with E-state index in [0.29, 0.717) is 18.4 Å². The summed E-state index contributed by atoms with van der Waals surface area (Å²) in [6.45, 7) is 0. The van der Waals surface area contributed by atoms with Gasteiger partial charge in [-0.2, -0.15) is 0 Å². The number of Topliss-reactive ketones (excluding diaryl/α,β-unsaturated/α-hetero) is 1. The Morgan fingerprint density at radius 3 is 2.29 bits per heavy atom. The van der Waals surface area contributed by atoms with E-state index in [1.54, 1.807) is 0 Å². The Hall–Kier alpha value is -1.71. The van der Waals surface area contributed by atoms with Gasteiger partial charge in [-0.05, 0) is 37.1 Å². The summed E-state index contributed by atoms with van der Waals surface area (Å²) in [5.74, 6) is -2.55. The Bertz CT molecular complexity index is 438. The Kier molecular flexibility index (Phi) is 3.22. The van der Waals surface area contributed by atoms with Crippen LogP contribution < -0.4 is 0 Å². The molecule has 3 nitrogen and oxygen atoms in total. The largest absolute Gasteiger partial charge is 0.481 e. The van der Waals surface area contributed by atoms with Crippen LogP contribution in [0, 0.1) is 17.7 Å². The minimum atomic E-state index is -0.914. The maximum atomic E-state index is 12.7. The van der Waals surface area contributed by atoms with Crippen molar-refractivity contribution in [3.8, 4) is 0 Å². The van der Waals surface area contributed by atoms with Crippen molar-refractivity contribution in [3.05, 3.63) is 35.6 Å². The summed E-state index contributed by atoms with van der Waals surface area (Å²) < 4.78 is 12.7. The van der Waals surface area contributed by atoms with Crippen LogP contribution in [0.15, 0.2) is 24.3 Å². The molecule has 17 heavy (non-hydrogen) atoms. The van der Waals surface area contributed by atoms with Crippen molar-refractivity contribution in [2.75, 3.05) is 0 Å². The SMILES string of the molecule is O=C(O)C1CCCC1C(=O)c1ccc(F)cc1. The molecular weight excluding hydrogens is 223 g/mol. The van der Waals surface area contributed by atoms with Crippen molar-refractivity contribution >= 4 is 11.8 Å². The zero-order valence-electron chi connectivity index (χ0n) is 9.23. The molecule has 1 N–H and O–H groups in total. The standard InChI is InChI=1S/C13H13FO3/c14-9-6-4-8(5-7-9)12(15)10-2-1-3-11(10)13(16)17/h4-7,10-11H,1-3H2,(H,16,17). The van der Waals surface area contributed by atoms with Gasteiger partial charge in [0.1, 0.15) is 5.82 Å². The number of rotatable bonds is 3. The molecular formula is C13H13FO3. The molecule has 0 radical (unpaired) electrons. The number of hydrogen-bond donors (Lipinski definition) is 1. The van der Waals surface area contributed by atoms with E-state index in [1.165, 1.54) is 24.3 Å². The molecule has 1 aromatic rings. The third kappa shape index (κ3) is 2.35. The Labute approximate surface area is 98.3 Å². The van der Waals surface area contributed by atoms with Gasteiger partial charge in [0.25, 0.3) is 0 Å². The van der Waals surface area contributed by atoms with Crippen LogP contribution >= 0.6 is 0 Å². The first kappa shape index (κ1) is 11.8. The summed E-state index contributed by atoms with van der Waals surface area (Å²) >= 11 is 0. The van der Waals surface area contributed by atoms with Gasteiger partial charge in [-0.3, -0.25) is 9.59 Å². The predicted octanol–water partition coefficient (Wildman–Crippen LogP) is 2.51. The van der Waals surface area contributed by atoms with Crippen LogP contribution in [0.4, 0.5) is 4.39 Å². The molecule has 2 unspecified atom stereocenters. The lowest BCUT2D eigenvalue weighted by Crippen LogP contribution is -2.25. The molecule has 1 aromatic carbocycles. The first-order valence-corrected chi connectivity index (χ1v) is 5.62. The molecule has 1 saturated carbocycles. The van der Waals surface area contributed by atoms with Crippen LogP contribution in [-0.2, 0) is 4.79 Å². The van der Waals surface area contributed by atoms with Gasteiger partial charge in [0.05, 0.1) is 5.92 Å². The van der Waals surface area contributed by atoms with E-state index in [2.05, 4.69) is 0 Å². The van der Waals surface area contributed by atoms with Crippen molar-refractivity contribution in [1.82, 2.24) is 0 Å². The lowest BCUT2D eigenvalue weighted by Gasteiger charge is -2.14. The highest BCUT2D eigenvalue weighted by molar-refractivity contribution is 6.00. The van der Waals surface area contributed by atoms with Crippen LogP contribution in [-0.4, -0.2) is 16.9 Å². The fourth-order valence-corrected chi connectivity index (χ4v) is 2.40. The van der Waals surface area contributed by atoms with E-state index in [1.807, 2.05) is 0 Å². The van der Waals surface area contributed by atoms with E-state index >= 15 is 0 Å². The normalized spacial score (nSPS) is 23.6. The number of carbonyl (C=O) groups is 2. The van der Waals surface area contributed by atoms with E-state index in [9.17, 15) is 14.0 Å². The summed E-state index contributed by atoms with van der Waals surface area (Å²) in [5.41, 5.74) is 0.393. The fourth-order valence-electron chi connectivity index (χ4n) is 2.40. The lowest BCUT2D eigenvalue weighted by atomic mass is 9.88. The first-order chi connectivity index (χ1) is 8.09. The zero-order chi connectivity index (χ0) is 12.4. The highest BCUT2D eigenvalue weighted by Gasteiger charge is 2.37. The van der Waals surface area contributed by atoms with Crippen molar-refractivity contribution in [2.45, 2.75) is 19.3 Å². The second kappa shape index (κ2) is 4.65. The van der Waals surface area contributed by atoms with Crippen molar-refractivity contribution in [1.29, 1.82) is 0 Å². The summed E-state index contributed by atoms with van der Waals surface area (Å²) in [5, 5.41) is 9.01. The van der Waals surface area contributed by atoms with Crippen LogP contribution in [0.3, 0.4) is 0 Å². The van der Waals surface area contributed by atoms with Gasteiger partial charge in [-0.15, -0.1) is 0 Å². The number of benzene rings is 1. The minimum Gasteiger partial charge on any atom is -0.481 e. The van der Waals surface area contributed by atoms with Crippen LogP contribution in [0.5, 0.6) is 0 Å².